The summed E-state index contributed by atoms with van der Waals surface area (Å²) < 4.78 is 5.46. The lowest BCUT2D eigenvalue weighted by Crippen LogP contribution is -2.40. The minimum Gasteiger partial charge on any atom is -0.508 e. The van der Waals surface area contributed by atoms with Gasteiger partial charge in [-0.25, -0.2) is 9.78 Å². The predicted molar refractivity (Wildman–Crippen MR) is 104 cm³/mol. The fourth-order valence-corrected chi connectivity index (χ4v) is 2.52. The molecular weight excluding hydrogens is 368 g/mol. The molecule has 1 amide bonds. The minimum atomic E-state index is -0.915. The number of aromatic nitrogens is 1. The molecule has 1 aromatic heterocycles. The Labute approximate surface area is 164 Å². The largest absolute Gasteiger partial charge is 0.508 e. The minimum absolute atomic E-state index is 0.0658. The van der Waals surface area contributed by atoms with Crippen LogP contribution in [0, 0.1) is 0 Å². The van der Waals surface area contributed by atoms with Crippen molar-refractivity contribution in [2.75, 3.05) is 13.1 Å². The van der Waals surface area contributed by atoms with Crippen LogP contribution in [0.25, 0.3) is 0 Å². The number of halogens is 1. The second-order valence-corrected chi connectivity index (χ2v) is 7.66. The lowest BCUT2D eigenvalue weighted by molar-refractivity contribution is 0.0146. The summed E-state index contributed by atoms with van der Waals surface area (Å²) in [5.41, 5.74) is 0.891. The van der Waals surface area contributed by atoms with E-state index in [0.717, 1.165) is 5.56 Å². The van der Waals surface area contributed by atoms with E-state index in [4.69, 9.17) is 16.3 Å². The number of hydrogen-bond donors (Lipinski definition) is 2. The highest BCUT2D eigenvalue weighted by molar-refractivity contribution is 6.29. The number of aliphatic hydroxyl groups is 1. The van der Waals surface area contributed by atoms with Crippen molar-refractivity contribution in [2.24, 2.45) is 0 Å². The maximum absolute atomic E-state index is 12.6. The Morgan fingerprint density at radius 1 is 1.22 bits per heavy atom. The van der Waals surface area contributed by atoms with Crippen LogP contribution in [0.15, 0.2) is 42.6 Å². The second kappa shape index (κ2) is 9.06. The molecule has 0 radical (unpaired) electrons. The van der Waals surface area contributed by atoms with Gasteiger partial charge >= 0.3 is 6.09 Å². The normalized spacial score (nSPS) is 12.5. The number of benzene rings is 1. The second-order valence-electron chi connectivity index (χ2n) is 7.27. The molecule has 1 heterocycles. The molecule has 6 nitrogen and oxygen atoms in total. The number of amides is 1. The average Bonchev–Trinajstić information content (AvgIpc) is 2.58. The van der Waals surface area contributed by atoms with E-state index in [9.17, 15) is 15.0 Å². The van der Waals surface area contributed by atoms with Crippen LogP contribution < -0.4 is 0 Å². The molecule has 0 aliphatic rings. The Balaban J connectivity index is 2.09. The first kappa shape index (κ1) is 21.0. The van der Waals surface area contributed by atoms with Crippen molar-refractivity contribution >= 4 is 17.7 Å². The molecule has 0 saturated carbocycles. The number of ether oxygens (including phenoxy) is 1. The third-order valence-electron chi connectivity index (χ3n) is 3.79. The Morgan fingerprint density at radius 3 is 2.44 bits per heavy atom. The SMILES string of the molecule is CC(C)(C)OC(=O)N(CCc1ccc(O)cc1)C[C@H](O)c1ccc(Cl)nc1. The number of phenols is 1. The van der Waals surface area contributed by atoms with E-state index in [1.165, 1.54) is 11.1 Å². The van der Waals surface area contributed by atoms with Gasteiger partial charge in [0.15, 0.2) is 0 Å². The van der Waals surface area contributed by atoms with Crippen LogP contribution in [0.2, 0.25) is 5.15 Å². The first-order valence-electron chi connectivity index (χ1n) is 8.69. The van der Waals surface area contributed by atoms with Crippen LogP contribution >= 0.6 is 11.6 Å². The van der Waals surface area contributed by atoms with Crippen molar-refractivity contribution in [3.8, 4) is 5.75 Å². The third kappa shape index (κ3) is 7.07. The quantitative estimate of drug-likeness (QED) is 0.727. The molecule has 27 heavy (non-hydrogen) atoms. The number of carbonyl (C=O) groups is 1. The van der Waals surface area contributed by atoms with Crippen LogP contribution in [0.1, 0.15) is 38.0 Å². The summed E-state index contributed by atoms with van der Waals surface area (Å²) in [4.78, 5) is 18.0. The Morgan fingerprint density at radius 2 is 1.89 bits per heavy atom. The molecule has 0 aliphatic heterocycles. The lowest BCUT2D eigenvalue weighted by atomic mass is 10.1. The van der Waals surface area contributed by atoms with E-state index in [1.54, 1.807) is 57.2 Å². The fourth-order valence-electron chi connectivity index (χ4n) is 2.41. The number of aromatic hydroxyl groups is 1. The molecule has 7 heteroatoms. The van der Waals surface area contributed by atoms with Crippen LogP contribution in [0.3, 0.4) is 0 Å². The number of carbonyl (C=O) groups excluding carboxylic acids is 1. The highest BCUT2D eigenvalue weighted by atomic mass is 35.5. The van der Waals surface area contributed by atoms with Gasteiger partial charge in [0, 0.05) is 18.3 Å². The van der Waals surface area contributed by atoms with Gasteiger partial charge in [0.25, 0.3) is 0 Å². The number of phenolic OH excluding ortho intramolecular Hbond substituents is 1. The van der Waals surface area contributed by atoms with Crippen LogP contribution in [0.5, 0.6) is 5.75 Å². The molecule has 1 atom stereocenters. The summed E-state index contributed by atoms with van der Waals surface area (Å²) >= 11 is 5.78. The highest BCUT2D eigenvalue weighted by Gasteiger charge is 2.24. The Hall–Kier alpha value is -2.31. The predicted octanol–water partition coefficient (Wildman–Crippen LogP) is 3.95. The van der Waals surface area contributed by atoms with Gasteiger partial charge in [0.05, 0.1) is 12.6 Å². The average molecular weight is 393 g/mol. The van der Waals surface area contributed by atoms with Gasteiger partial charge in [-0.2, -0.15) is 0 Å². The van der Waals surface area contributed by atoms with Crippen molar-refractivity contribution in [1.29, 1.82) is 0 Å². The summed E-state index contributed by atoms with van der Waals surface area (Å²) in [5.74, 6) is 0.188. The summed E-state index contributed by atoms with van der Waals surface area (Å²) in [6.07, 6.45) is 0.634. The zero-order chi connectivity index (χ0) is 20.0. The maximum Gasteiger partial charge on any atom is 0.410 e. The molecular formula is C20H25ClN2O4. The molecule has 0 saturated heterocycles. The van der Waals surface area contributed by atoms with E-state index in [2.05, 4.69) is 4.98 Å². The summed E-state index contributed by atoms with van der Waals surface area (Å²) in [6, 6.07) is 10.1. The van der Waals surface area contributed by atoms with Gasteiger partial charge in [-0.05, 0) is 51.0 Å². The first-order chi connectivity index (χ1) is 12.6. The van der Waals surface area contributed by atoms with Crippen molar-refractivity contribution in [2.45, 2.75) is 38.9 Å². The van der Waals surface area contributed by atoms with E-state index >= 15 is 0 Å². The van der Waals surface area contributed by atoms with Gasteiger partial charge in [-0.3, -0.25) is 0 Å². The third-order valence-corrected chi connectivity index (χ3v) is 4.01. The molecule has 146 valence electrons. The Kier molecular flexibility index (Phi) is 7.05. The summed E-state index contributed by atoms with van der Waals surface area (Å²) in [6.45, 7) is 5.81. The number of rotatable bonds is 6. The van der Waals surface area contributed by atoms with Crippen LogP contribution in [-0.2, 0) is 11.2 Å². The molecule has 0 unspecified atom stereocenters. The van der Waals surface area contributed by atoms with E-state index in [0.29, 0.717) is 23.7 Å². The first-order valence-corrected chi connectivity index (χ1v) is 9.07. The van der Waals surface area contributed by atoms with Crippen molar-refractivity contribution in [1.82, 2.24) is 9.88 Å². The summed E-state index contributed by atoms with van der Waals surface area (Å²) in [5, 5.41) is 20.2. The van der Waals surface area contributed by atoms with Gasteiger partial charge < -0.3 is 19.8 Å². The van der Waals surface area contributed by atoms with Gasteiger partial charge in [-0.1, -0.05) is 29.8 Å². The number of nitrogens with zero attached hydrogens (tertiary/aromatic N) is 2. The molecule has 2 N–H and O–H groups in total. The van der Waals surface area contributed by atoms with Crippen molar-refractivity contribution < 1.29 is 19.7 Å². The smallest absolute Gasteiger partial charge is 0.410 e. The highest BCUT2D eigenvalue weighted by Crippen LogP contribution is 2.18. The number of aliphatic hydroxyl groups excluding tert-OH is 1. The standard InChI is InChI=1S/C20H25ClN2O4/c1-20(2,3)27-19(26)23(11-10-14-4-7-16(24)8-5-14)13-17(25)15-6-9-18(21)22-12-15/h4-9,12,17,24-25H,10-11,13H2,1-3H3/t17-/m0/s1. The molecule has 1 aromatic carbocycles. The van der Waals surface area contributed by atoms with E-state index < -0.39 is 17.8 Å². The number of hydrogen-bond acceptors (Lipinski definition) is 5. The lowest BCUT2D eigenvalue weighted by Gasteiger charge is -2.29. The van der Waals surface area contributed by atoms with Gasteiger partial charge in [0.2, 0.25) is 0 Å². The summed E-state index contributed by atoms with van der Waals surface area (Å²) in [7, 11) is 0. The molecule has 2 aromatic rings. The van der Waals surface area contributed by atoms with E-state index in [-0.39, 0.29) is 12.3 Å². The van der Waals surface area contributed by atoms with Gasteiger partial charge in [-0.15, -0.1) is 0 Å². The van der Waals surface area contributed by atoms with Crippen LogP contribution in [0.4, 0.5) is 4.79 Å². The van der Waals surface area contributed by atoms with Crippen molar-refractivity contribution in [3.05, 3.63) is 58.9 Å². The van der Waals surface area contributed by atoms with E-state index in [1.807, 2.05) is 0 Å². The fraction of sp³-hybridized carbons (Fsp3) is 0.400. The zero-order valence-electron chi connectivity index (χ0n) is 15.7. The zero-order valence-corrected chi connectivity index (χ0v) is 16.5. The molecule has 0 aliphatic carbocycles. The number of pyridine rings is 1. The monoisotopic (exact) mass is 392 g/mol. The Bertz CT molecular complexity index is 742. The molecule has 0 spiro atoms. The van der Waals surface area contributed by atoms with Crippen LogP contribution in [-0.4, -0.2) is 44.9 Å². The molecule has 2 rings (SSSR count). The molecule has 0 bridgehead atoms. The van der Waals surface area contributed by atoms with Crippen molar-refractivity contribution in [3.63, 3.8) is 0 Å². The van der Waals surface area contributed by atoms with Gasteiger partial charge in [0.1, 0.15) is 16.5 Å². The maximum atomic E-state index is 12.6. The topological polar surface area (TPSA) is 82.9 Å². The molecule has 0 fully saturated rings.